The number of carbonyl (C=O) groups excluding carboxylic acids is 1. The molecule has 0 unspecified atom stereocenters. The zero-order valence-electron chi connectivity index (χ0n) is 17.1. The molecule has 30 heavy (non-hydrogen) atoms. The van der Waals surface area contributed by atoms with E-state index in [0.29, 0.717) is 16.4 Å². The number of nitrogens with zero attached hydrogens (tertiary/aromatic N) is 5. The number of methoxy groups -OCH3 is 2. The van der Waals surface area contributed by atoms with E-state index in [4.69, 9.17) is 14.5 Å². The molecule has 1 aromatic carbocycles. The van der Waals surface area contributed by atoms with Gasteiger partial charge in [-0.05, 0) is 30.7 Å². The average molecular weight is 423 g/mol. The monoisotopic (exact) mass is 423 g/mol. The summed E-state index contributed by atoms with van der Waals surface area (Å²) in [7, 11) is 4.85. The first-order valence-corrected chi connectivity index (χ1v) is 10.1. The number of anilines is 1. The van der Waals surface area contributed by atoms with Crippen LogP contribution < -0.4 is 14.4 Å². The predicted octanol–water partition coefficient (Wildman–Crippen LogP) is 3.60. The summed E-state index contributed by atoms with van der Waals surface area (Å²) in [5.41, 5.74) is 2.91. The Morgan fingerprint density at radius 3 is 2.73 bits per heavy atom. The highest BCUT2D eigenvalue weighted by Crippen LogP contribution is 2.37. The number of thiazole rings is 1. The summed E-state index contributed by atoms with van der Waals surface area (Å²) in [5, 5.41) is 4.77. The van der Waals surface area contributed by atoms with Crippen molar-refractivity contribution in [3.8, 4) is 11.6 Å². The van der Waals surface area contributed by atoms with Crippen LogP contribution in [0.4, 0.5) is 5.13 Å². The van der Waals surface area contributed by atoms with Crippen LogP contribution in [0, 0.1) is 6.92 Å². The Labute approximate surface area is 177 Å². The Morgan fingerprint density at radius 2 is 2.03 bits per heavy atom. The first-order chi connectivity index (χ1) is 14.5. The van der Waals surface area contributed by atoms with Crippen molar-refractivity contribution in [1.29, 1.82) is 0 Å². The molecule has 0 N–H and O–H groups in total. The summed E-state index contributed by atoms with van der Waals surface area (Å²) in [6.45, 7) is 2.28. The highest BCUT2D eigenvalue weighted by Gasteiger charge is 2.27. The van der Waals surface area contributed by atoms with Gasteiger partial charge < -0.3 is 9.47 Å². The zero-order valence-corrected chi connectivity index (χ0v) is 17.9. The molecule has 9 heteroatoms. The molecular weight excluding hydrogens is 402 g/mol. The van der Waals surface area contributed by atoms with E-state index in [1.165, 1.54) is 18.4 Å². The van der Waals surface area contributed by atoms with Gasteiger partial charge in [-0.25, -0.2) is 4.98 Å². The van der Waals surface area contributed by atoms with Crippen LogP contribution in [0.1, 0.15) is 21.6 Å². The van der Waals surface area contributed by atoms with E-state index in [2.05, 4.69) is 10.1 Å². The van der Waals surface area contributed by atoms with Crippen molar-refractivity contribution < 1.29 is 14.3 Å². The molecule has 3 aromatic heterocycles. The molecule has 0 saturated carbocycles. The van der Waals surface area contributed by atoms with Crippen molar-refractivity contribution >= 4 is 32.6 Å². The van der Waals surface area contributed by atoms with Crippen LogP contribution in [0.5, 0.6) is 11.6 Å². The Bertz CT molecular complexity index is 1200. The summed E-state index contributed by atoms with van der Waals surface area (Å²) >= 11 is 1.44. The number of aromatic nitrogens is 4. The summed E-state index contributed by atoms with van der Waals surface area (Å²) in [5.74, 6) is 0.673. The van der Waals surface area contributed by atoms with Gasteiger partial charge in [-0.3, -0.25) is 19.4 Å². The SMILES string of the molecule is COc1nn(C)cc1C(=O)N(Cc1ccccn1)c1nc2c(OC)ccc(C)c2s1. The van der Waals surface area contributed by atoms with Crippen LogP contribution in [0.15, 0.2) is 42.7 Å². The van der Waals surface area contributed by atoms with Crippen LogP contribution in [-0.4, -0.2) is 39.9 Å². The quantitative estimate of drug-likeness (QED) is 0.471. The molecule has 4 aromatic rings. The third-order valence-corrected chi connectivity index (χ3v) is 5.87. The number of hydrogen-bond donors (Lipinski definition) is 0. The van der Waals surface area contributed by atoms with Gasteiger partial charge in [0.05, 0.1) is 31.2 Å². The molecule has 0 aliphatic rings. The topological polar surface area (TPSA) is 82.4 Å². The zero-order chi connectivity index (χ0) is 21.3. The fraction of sp³-hybridized carbons (Fsp3) is 0.238. The lowest BCUT2D eigenvalue weighted by atomic mass is 10.2. The van der Waals surface area contributed by atoms with Crippen LogP contribution in [0.2, 0.25) is 0 Å². The maximum absolute atomic E-state index is 13.6. The first-order valence-electron chi connectivity index (χ1n) is 9.25. The molecular formula is C21H21N5O3S. The molecule has 0 fully saturated rings. The second kappa shape index (κ2) is 8.11. The summed E-state index contributed by atoms with van der Waals surface area (Å²) < 4.78 is 13.3. The van der Waals surface area contributed by atoms with Crippen LogP contribution in [0.25, 0.3) is 10.2 Å². The largest absolute Gasteiger partial charge is 0.494 e. The van der Waals surface area contributed by atoms with E-state index in [1.54, 1.807) is 36.1 Å². The van der Waals surface area contributed by atoms with Gasteiger partial charge in [0.2, 0.25) is 5.88 Å². The number of aryl methyl sites for hydroxylation is 2. The smallest absolute Gasteiger partial charge is 0.267 e. The van der Waals surface area contributed by atoms with Gasteiger partial charge in [-0.15, -0.1) is 5.10 Å². The molecule has 0 aliphatic carbocycles. The van der Waals surface area contributed by atoms with Gasteiger partial charge in [-0.2, -0.15) is 0 Å². The fourth-order valence-corrected chi connectivity index (χ4v) is 4.22. The molecule has 8 nitrogen and oxygen atoms in total. The van der Waals surface area contributed by atoms with E-state index in [9.17, 15) is 4.79 Å². The number of carbonyl (C=O) groups is 1. The average Bonchev–Trinajstić information content (AvgIpc) is 3.37. The highest BCUT2D eigenvalue weighted by atomic mass is 32.1. The lowest BCUT2D eigenvalue weighted by Gasteiger charge is -2.19. The molecule has 4 rings (SSSR count). The maximum atomic E-state index is 13.6. The summed E-state index contributed by atoms with van der Waals surface area (Å²) in [6, 6.07) is 9.47. The lowest BCUT2D eigenvalue weighted by Crippen LogP contribution is -2.30. The van der Waals surface area contributed by atoms with Crippen molar-refractivity contribution in [2.24, 2.45) is 7.05 Å². The van der Waals surface area contributed by atoms with Crippen molar-refractivity contribution in [2.75, 3.05) is 19.1 Å². The van der Waals surface area contributed by atoms with E-state index in [1.807, 2.05) is 37.3 Å². The van der Waals surface area contributed by atoms with Gasteiger partial charge in [0, 0.05) is 19.4 Å². The molecule has 154 valence electrons. The van der Waals surface area contributed by atoms with E-state index in [-0.39, 0.29) is 18.3 Å². The lowest BCUT2D eigenvalue weighted by molar-refractivity contribution is 0.0982. The molecule has 0 bridgehead atoms. The normalized spacial score (nSPS) is 10.9. The summed E-state index contributed by atoms with van der Waals surface area (Å²) in [4.78, 5) is 24.3. The molecule has 0 saturated heterocycles. The van der Waals surface area contributed by atoms with Crippen LogP contribution >= 0.6 is 11.3 Å². The molecule has 1 amide bonds. The maximum Gasteiger partial charge on any atom is 0.267 e. The minimum absolute atomic E-state index is 0.263. The third kappa shape index (κ3) is 3.59. The van der Waals surface area contributed by atoms with Crippen molar-refractivity contribution in [1.82, 2.24) is 19.7 Å². The third-order valence-electron chi connectivity index (χ3n) is 4.65. The first kappa shape index (κ1) is 19.8. The number of fused-ring (bicyclic) bond motifs is 1. The van der Waals surface area contributed by atoms with Crippen molar-refractivity contribution in [3.05, 3.63) is 59.5 Å². The van der Waals surface area contributed by atoms with E-state index in [0.717, 1.165) is 21.5 Å². The van der Waals surface area contributed by atoms with Crippen molar-refractivity contribution in [3.63, 3.8) is 0 Å². The Kier molecular flexibility index (Phi) is 5.37. The Morgan fingerprint density at radius 1 is 1.20 bits per heavy atom. The summed E-state index contributed by atoms with van der Waals surface area (Å²) in [6.07, 6.45) is 3.35. The number of amides is 1. The molecule has 0 aliphatic heterocycles. The second-order valence-electron chi connectivity index (χ2n) is 6.70. The number of ether oxygens (including phenoxy) is 2. The van der Waals surface area contributed by atoms with Gasteiger partial charge in [0.1, 0.15) is 16.8 Å². The van der Waals surface area contributed by atoms with Crippen LogP contribution in [0.3, 0.4) is 0 Å². The number of pyridine rings is 1. The molecule has 3 heterocycles. The van der Waals surface area contributed by atoms with Gasteiger partial charge in [-0.1, -0.05) is 23.5 Å². The molecule has 0 atom stereocenters. The number of hydrogen-bond acceptors (Lipinski definition) is 7. The Balaban J connectivity index is 1.84. The van der Waals surface area contributed by atoms with Gasteiger partial charge in [0.15, 0.2) is 5.13 Å². The predicted molar refractivity (Wildman–Crippen MR) is 115 cm³/mol. The number of rotatable bonds is 6. The minimum atomic E-state index is -0.263. The number of benzene rings is 1. The van der Waals surface area contributed by atoms with Crippen molar-refractivity contribution in [2.45, 2.75) is 13.5 Å². The fourth-order valence-electron chi connectivity index (χ4n) is 3.17. The molecule has 0 spiro atoms. The van der Waals surface area contributed by atoms with E-state index < -0.39 is 0 Å². The van der Waals surface area contributed by atoms with Crippen LogP contribution in [-0.2, 0) is 13.6 Å². The minimum Gasteiger partial charge on any atom is -0.494 e. The second-order valence-corrected chi connectivity index (χ2v) is 7.67. The standard InChI is InChI=1S/C21H21N5O3S/c1-13-8-9-16(28-3)17-18(13)30-21(23-17)26(11-14-7-5-6-10-22-14)20(27)15-12-25(2)24-19(15)29-4/h5-10,12H,11H2,1-4H3. The van der Waals surface area contributed by atoms with Gasteiger partial charge >= 0.3 is 0 Å². The highest BCUT2D eigenvalue weighted by molar-refractivity contribution is 7.22. The van der Waals surface area contributed by atoms with Gasteiger partial charge in [0.25, 0.3) is 5.91 Å². The Hall–Kier alpha value is -3.46. The molecule has 0 radical (unpaired) electrons. The van der Waals surface area contributed by atoms with E-state index >= 15 is 0 Å².